The van der Waals surface area contributed by atoms with E-state index in [1.165, 1.54) is 14.0 Å². The number of hydrogen-bond acceptors (Lipinski definition) is 5. The molecule has 0 aliphatic heterocycles. The van der Waals surface area contributed by atoms with E-state index in [2.05, 4.69) is 4.72 Å². The molecule has 0 aromatic heterocycles. The molecular weight excluding hydrogens is 323 g/mol. The van der Waals surface area contributed by atoms with Crippen molar-refractivity contribution in [1.29, 1.82) is 0 Å². The minimum atomic E-state index is -4.18. The summed E-state index contributed by atoms with van der Waals surface area (Å²) in [6.07, 6.45) is 0.214. The SMILES string of the molecule is COCCC(C)(O)CNS(=O)(=O)c1cc(Cl)cc(N)c1F. The largest absolute Gasteiger partial charge is 0.396 e. The molecule has 0 spiro atoms. The minimum Gasteiger partial charge on any atom is -0.396 e. The lowest BCUT2D eigenvalue weighted by Gasteiger charge is -2.23. The number of methoxy groups -OCH3 is 1. The fourth-order valence-electron chi connectivity index (χ4n) is 1.52. The van der Waals surface area contributed by atoms with Gasteiger partial charge in [-0.3, -0.25) is 0 Å². The Hall–Kier alpha value is -0.930. The zero-order valence-electron chi connectivity index (χ0n) is 11.7. The van der Waals surface area contributed by atoms with Crippen LogP contribution in [0.3, 0.4) is 0 Å². The number of nitrogens with two attached hydrogens (primary N) is 1. The van der Waals surface area contributed by atoms with Gasteiger partial charge in [-0.25, -0.2) is 17.5 Å². The van der Waals surface area contributed by atoms with Crippen molar-refractivity contribution in [2.45, 2.75) is 23.8 Å². The van der Waals surface area contributed by atoms with Gasteiger partial charge >= 0.3 is 0 Å². The van der Waals surface area contributed by atoms with Crippen molar-refractivity contribution in [1.82, 2.24) is 4.72 Å². The van der Waals surface area contributed by atoms with E-state index < -0.39 is 26.3 Å². The van der Waals surface area contributed by atoms with E-state index in [0.717, 1.165) is 12.1 Å². The van der Waals surface area contributed by atoms with Crippen LogP contribution in [-0.4, -0.2) is 39.4 Å². The molecule has 1 aromatic carbocycles. The summed E-state index contributed by atoms with van der Waals surface area (Å²) in [5.74, 6) is -1.08. The van der Waals surface area contributed by atoms with Crippen LogP contribution in [0.1, 0.15) is 13.3 Å². The van der Waals surface area contributed by atoms with Gasteiger partial charge in [0.25, 0.3) is 0 Å². The highest BCUT2D eigenvalue weighted by molar-refractivity contribution is 7.89. The Balaban J connectivity index is 2.93. The quantitative estimate of drug-likeness (QED) is 0.646. The third-order valence-corrected chi connectivity index (χ3v) is 4.43. The first-order valence-electron chi connectivity index (χ1n) is 6.04. The van der Waals surface area contributed by atoms with Crippen LogP contribution >= 0.6 is 11.6 Å². The molecule has 1 rings (SSSR count). The highest BCUT2D eigenvalue weighted by atomic mass is 35.5. The maximum atomic E-state index is 13.8. The van der Waals surface area contributed by atoms with Gasteiger partial charge in [-0.05, 0) is 19.1 Å². The van der Waals surface area contributed by atoms with E-state index in [1.807, 2.05) is 0 Å². The lowest BCUT2D eigenvalue weighted by Crippen LogP contribution is -2.41. The molecule has 9 heteroatoms. The Bertz CT molecular complexity index is 608. The highest BCUT2D eigenvalue weighted by Crippen LogP contribution is 2.25. The van der Waals surface area contributed by atoms with Crippen molar-refractivity contribution in [2.24, 2.45) is 0 Å². The van der Waals surface area contributed by atoms with E-state index in [9.17, 15) is 17.9 Å². The zero-order chi connectivity index (χ0) is 16.3. The van der Waals surface area contributed by atoms with Crippen molar-refractivity contribution in [3.05, 3.63) is 23.0 Å². The summed E-state index contributed by atoms with van der Waals surface area (Å²) in [5.41, 5.74) is 3.65. The van der Waals surface area contributed by atoms with Crippen molar-refractivity contribution in [3.63, 3.8) is 0 Å². The van der Waals surface area contributed by atoms with E-state index in [-0.39, 0.29) is 30.3 Å². The van der Waals surface area contributed by atoms with Crippen molar-refractivity contribution in [2.75, 3.05) is 26.0 Å². The molecule has 1 atom stereocenters. The zero-order valence-corrected chi connectivity index (χ0v) is 13.3. The summed E-state index contributed by atoms with van der Waals surface area (Å²) in [6, 6.07) is 2.07. The van der Waals surface area contributed by atoms with Gasteiger partial charge in [-0.15, -0.1) is 0 Å². The second-order valence-electron chi connectivity index (χ2n) is 4.87. The number of hydrogen-bond donors (Lipinski definition) is 3. The first-order chi connectivity index (χ1) is 9.59. The molecule has 1 aromatic rings. The third kappa shape index (κ3) is 5.08. The number of halogens is 2. The Labute approximate surface area is 128 Å². The second kappa shape index (κ2) is 6.89. The van der Waals surface area contributed by atoms with Gasteiger partial charge in [0.1, 0.15) is 4.90 Å². The molecule has 120 valence electrons. The molecule has 6 nitrogen and oxygen atoms in total. The Morgan fingerprint density at radius 2 is 2.14 bits per heavy atom. The summed E-state index contributed by atoms with van der Waals surface area (Å²) in [5, 5.41) is 9.98. The first kappa shape index (κ1) is 18.1. The molecule has 0 bridgehead atoms. The van der Waals surface area contributed by atoms with E-state index in [4.69, 9.17) is 22.1 Å². The summed E-state index contributed by atoms with van der Waals surface area (Å²) in [7, 11) is -2.72. The van der Waals surface area contributed by atoms with Crippen LogP contribution in [0.4, 0.5) is 10.1 Å². The molecule has 0 fully saturated rings. The highest BCUT2D eigenvalue weighted by Gasteiger charge is 2.26. The number of nitrogen functional groups attached to an aromatic ring is 1. The standard InChI is InChI=1S/C12H18ClFN2O4S/c1-12(17,3-4-20-2)7-16-21(18,19)10-6-8(13)5-9(15)11(10)14/h5-6,16-17H,3-4,7,15H2,1-2H3. The fourth-order valence-corrected chi connectivity index (χ4v) is 3.10. The smallest absolute Gasteiger partial charge is 0.243 e. The monoisotopic (exact) mass is 340 g/mol. The second-order valence-corrected chi connectivity index (χ2v) is 7.04. The van der Waals surface area contributed by atoms with Gasteiger partial charge in [0.15, 0.2) is 5.82 Å². The minimum absolute atomic E-state index is 0.000387. The van der Waals surface area contributed by atoms with Crippen LogP contribution in [0.5, 0.6) is 0 Å². The van der Waals surface area contributed by atoms with Gasteiger partial charge in [0.05, 0.1) is 11.3 Å². The van der Waals surface area contributed by atoms with Crippen molar-refractivity contribution < 1.29 is 22.7 Å². The van der Waals surface area contributed by atoms with Gasteiger partial charge in [-0.2, -0.15) is 0 Å². The topological polar surface area (TPSA) is 102 Å². The molecule has 1 unspecified atom stereocenters. The van der Waals surface area contributed by atoms with Crippen molar-refractivity contribution >= 4 is 27.3 Å². The van der Waals surface area contributed by atoms with Crippen LogP contribution in [0.15, 0.2) is 17.0 Å². The number of anilines is 1. The van der Waals surface area contributed by atoms with E-state index >= 15 is 0 Å². The molecule has 21 heavy (non-hydrogen) atoms. The molecule has 0 aliphatic rings. The molecule has 0 radical (unpaired) electrons. The Morgan fingerprint density at radius 3 is 2.71 bits per heavy atom. The molecule has 0 saturated carbocycles. The Morgan fingerprint density at radius 1 is 1.52 bits per heavy atom. The maximum absolute atomic E-state index is 13.8. The number of aliphatic hydroxyl groups is 1. The summed E-state index contributed by atoms with van der Waals surface area (Å²) in [6.45, 7) is 1.40. The molecule has 0 saturated heterocycles. The maximum Gasteiger partial charge on any atom is 0.243 e. The lowest BCUT2D eigenvalue weighted by atomic mass is 10.0. The van der Waals surface area contributed by atoms with Crippen LogP contribution in [0.2, 0.25) is 5.02 Å². The molecule has 0 aliphatic carbocycles. The fraction of sp³-hybridized carbons (Fsp3) is 0.500. The van der Waals surface area contributed by atoms with Gasteiger partial charge < -0.3 is 15.6 Å². The number of ether oxygens (including phenoxy) is 1. The number of rotatable bonds is 7. The molecule has 0 heterocycles. The number of benzene rings is 1. The predicted molar refractivity (Wildman–Crippen MR) is 78.1 cm³/mol. The third-order valence-electron chi connectivity index (χ3n) is 2.81. The number of sulfonamides is 1. The molecule has 0 amide bonds. The first-order valence-corrected chi connectivity index (χ1v) is 7.91. The predicted octanol–water partition coefficient (Wildman–Crippen LogP) is 1.13. The van der Waals surface area contributed by atoms with Crippen LogP contribution in [-0.2, 0) is 14.8 Å². The number of nitrogens with one attached hydrogen (secondary N) is 1. The Kier molecular flexibility index (Phi) is 5.94. The summed E-state index contributed by atoms with van der Waals surface area (Å²) < 4.78 is 44.9. The lowest BCUT2D eigenvalue weighted by molar-refractivity contribution is 0.0292. The molecule has 4 N–H and O–H groups in total. The normalized spacial score (nSPS) is 14.9. The van der Waals surface area contributed by atoms with E-state index in [0.29, 0.717) is 0 Å². The van der Waals surface area contributed by atoms with E-state index in [1.54, 1.807) is 0 Å². The van der Waals surface area contributed by atoms with Gasteiger partial charge in [0.2, 0.25) is 10.0 Å². The van der Waals surface area contributed by atoms with Crippen LogP contribution in [0, 0.1) is 5.82 Å². The molecular formula is C12H18ClFN2O4S. The average Bonchev–Trinajstić information content (AvgIpc) is 2.38. The average molecular weight is 341 g/mol. The van der Waals surface area contributed by atoms with Gasteiger partial charge in [0, 0.05) is 31.7 Å². The van der Waals surface area contributed by atoms with Crippen LogP contribution in [0.25, 0.3) is 0 Å². The van der Waals surface area contributed by atoms with Crippen LogP contribution < -0.4 is 10.5 Å². The van der Waals surface area contributed by atoms with Gasteiger partial charge in [-0.1, -0.05) is 11.6 Å². The van der Waals surface area contributed by atoms with Crippen molar-refractivity contribution in [3.8, 4) is 0 Å². The summed E-state index contributed by atoms with van der Waals surface area (Å²) in [4.78, 5) is -0.657. The summed E-state index contributed by atoms with van der Waals surface area (Å²) >= 11 is 5.68.